The van der Waals surface area contributed by atoms with Gasteiger partial charge in [0.05, 0.1) is 0 Å². The van der Waals surface area contributed by atoms with Gasteiger partial charge in [-0.25, -0.2) is 0 Å². The average Bonchev–Trinajstić information content (AvgIpc) is 3.55. The molecule has 6 nitrogen and oxygen atoms in total. The van der Waals surface area contributed by atoms with Crippen molar-refractivity contribution < 1.29 is 4.79 Å². The standard InChI is InChI=1S/C21H25N5OS/c22-21(25-20(27)17-8-9-17)24-19-3-1-2-18(23-19)16-6-4-15(5-7-16)14-26-10-12-28-13-11-26/h1-7,17H,8-14H2,(H3,22,23,24,25,27). The number of pyridine rings is 1. The van der Waals surface area contributed by atoms with Gasteiger partial charge in [-0.15, -0.1) is 0 Å². The number of nitrogens with zero attached hydrogens (tertiary/aromatic N) is 2. The molecule has 1 saturated carbocycles. The molecule has 0 atom stereocenters. The number of nitrogens with one attached hydrogen (secondary N) is 3. The second kappa shape index (κ2) is 8.75. The highest BCUT2D eigenvalue weighted by atomic mass is 32.2. The van der Waals surface area contributed by atoms with Gasteiger partial charge in [-0.05, 0) is 36.1 Å². The molecule has 2 aromatic rings. The van der Waals surface area contributed by atoms with E-state index in [2.05, 4.69) is 44.5 Å². The number of hydrogen-bond donors (Lipinski definition) is 3. The average molecular weight is 396 g/mol. The Bertz CT molecular complexity index is 911. The monoisotopic (exact) mass is 395 g/mol. The largest absolute Gasteiger partial charge is 0.340 e. The van der Waals surface area contributed by atoms with Crippen molar-refractivity contribution in [1.29, 1.82) is 5.41 Å². The fourth-order valence-corrected chi connectivity index (χ4v) is 4.19. The molecule has 0 radical (unpaired) electrons. The van der Waals surface area contributed by atoms with Crippen LogP contribution in [-0.2, 0) is 11.3 Å². The fraction of sp³-hybridized carbons (Fsp3) is 0.381. The summed E-state index contributed by atoms with van der Waals surface area (Å²) in [6.45, 7) is 3.32. The predicted molar refractivity (Wildman–Crippen MR) is 113 cm³/mol. The summed E-state index contributed by atoms with van der Waals surface area (Å²) in [5.74, 6) is 2.28. The van der Waals surface area contributed by atoms with Gasteiger partial charge in [0.25, 0.3) is 0 Å². The van der Waals surface area contributed by atoms with Gasteiger partial charge in [0, 0.05) is 42.8 Å². The molecule has 0 spiro atoms. The lowest BCUT2D eigenvalue weighted by Crippen LogP contribution is -2.31. The van der Waals surface area contributed by atoms with E-state index >= 15 is 0 Å². The highest BCUT2D eigenvalue weighted by Gasteiger charge is 2.29. The molecule has 7 heteroatoms. The Morgan fingerprint density at radius 3 is 2.64 bits per heavy atom. The van der Waals surface area contributed by atoms with Crippen LogP contribution >= 0.6 is 11.8 Å². The van der Waals surface area contributed by atoms with Gasteiger partial charge in [0.15, 0.2) is 0 Å². The first-order valence-corrected chi connectivity index (χ1v) is 10.9. The van der Waals surface area contributed by atoms with Crippen LogP contribution in [0.3, 0.4) is 0 Å². The molecule has 1 saturated heterocycles. The molecule has 28 heavy (non-hydrogen) atoms. The quantitative estimate of drug-likeness (QED) is 0.550. The summed E-state index contributed by atoms with van der Waals surface area (Å²) in [5, 5.41) is 10.4. The Balaban J connectivity index is 1.43. The lowest BCUT2D eigenvalue weighted by molar-refractivity contribution is -0.120. The summed E-state index contributed by atoms with van der Waals surface area (Å²) >= 11 is 2.03. The molecule has 1 aromatic carbocycles. The van der Waals surface area contributed by atoms with Crippen molar-refractivity contribution in [1.82, 2.24) is 15.2 Å². The third-order valence-electron chi connectivity index (χ3n) is 4.98. The molecule has 3 N–H and O–H groups in total. The molecule has 0 bridgehead atoms. The van der Waals surface area contributed by atoms with Crippen LogP contribution in [0.1, 0.15) is 18.4 Å². The molecule has 2 aliphatic rings. The van der Waals surface area contributed by atoms with Crippen LogP contribution in [0.25, 0.3) is 11.3 Å². The zero-order valence-electron chi connectivity index (χ0n) is 15.8. The summed E-state index contributed by atoms with van der Waals surface area (Å²) in [7, 11) is 0. The molecule has 1 aliphatic carbocycles. The van der Waals surface area contributed by atoms with Gasteiger partial charge >= 0.3 is 0 Å². The van der Waals surface area contributed by atoms with Gasteiger partial charge in [-0.1, -0.05) is 30.3 Å². The Labute approximate surface area is 169 Å². The first-order chi connectivity index (χ1) is 13.7. The molecule has 0 unspecified atom stereocenters. The molecule has 1 aliphatic heterocycles. The van der Waals surface area contributed by atoms with Crippen LogP contribution in [0.2, 0.25) is 0 Å². The topological polar surface area (TPSA) is 84.3 Å². The van der Waals surface area contributed by atoms with E-state index in [1.54, 1.807) is 6.07 Å². The zero-order valence-corrected chi connectivity index (χ0v) is 16.6. The molecule has 2 fully saturated rings. The second-order valence-electron chi connectivity index (χ2n) is 7.26. The van der Waals surface area contributed by atoms with E-state index in [1.807, 2.05) is 23.9 Å². The van der Waals surface area contributed by atoms with Gasteiger partial charge in [0.2, 0.25) is 11.9 Å². The maximum atomic E-state index is 11.7. The second-order valence-corrected chi connectivity index (χ2v) is 8.48. The zero-order chi connectivity index (χ0) is 19.3. The highest BCUT2D eigenvalue weighted by Crippen LogP contribution is 2.28. The lowest BCUT2D eigenvalue weighted by atomic mass is 10.1. The van der Waals surface area contributed by atoms with E-state index in [1.165, 1.54) is 17.1 Å². The first kappa shape index (κ1) is 19.0. The van der Waals surface area contributed by atoms with Gasteiger partial charge in [-0.2, -0.15) is 16.8 Å². The van der Waals surface area contributed by atoms with Gasteiger partial charge in [-0.3, -0.25) is 20.4 Å². The molecule has 2 heterocycles. The Morgan fingerprint density at radius 1 is 1.18 bits per heavy atom. The number of thioether (sulfide) groups is 1. The molecular weight excluding hydrogens is 370 g/mol. The van der Waals surface area contributed by atoms with Gasteiger partial charge in [0.1, 0.15) is 5.49 Å². The number of benzene rings is 1. The van der Waals surface area contributed by atoms with E-state index in [0.717, 1.165) is 43.7 Å². The Hall–Kier alpha value is -2.38. The smallest absolute Gasteiger partial charge is 0.229 e. The van der Waals surface area contributed by atoms with Crippen LogP contribution in [0, 0.1) is 11.3 Å². The predicted octanol–water partition coefficient (Wildman–Crippen LogP) is 2.59. The molecule has 1 amide bonds. The number of guanidine groups is 1. The van der Waals surface area contributed by atoms with Crippen LogP contribution in [-0.4, -0.2) is 46.3 Å². The number of H-pyrrole nitrogens is 1. The summed E-state index contributed by atoms with van der Waals surface area (Å²) in [6, 6.07) is 14.3. The number of amides is 1. The van der Waals surface area contributed by atoms with E-state index in [9.17, 15) is 4.79 Å². The van der Waals surface area contributed by atoms with Crippen LogP contribution < -0.4 is 10.8 Å². The van der Waals surface area contributed by atoms with Crippen molar-refractivity contribution in [2.75, 3.05) is 24.6 Å². The van der Waals surface area contributed by atoms with Crippen molar-refractivity contribution in [2.24, 2.45) is 10.9 Å². The summed E-state index contributed by atoms with van der Waals surface area (Å²) < 4.78 is 0. The maximum Gasteiger partial charge on any atom is 0.229 e. The molecule has 1 aromatic heterocycles. The van der Waals surface area contributed by atoms with Crippen LogP contribution in [0.5, 0.6) is 0 Å². The number of hydrogen-bond acceptors (Lipinski definition) is 4. The van der Waals surface area contributed by atoms with Crippen molar-refractivity contribution in [3.8, 4) is 11.3 Å². The number of aromatic nitrogens is 1. The molecule has 146 valence electrons. The van der Waals surface area contributed by atoms with Crippen molar-refractivity contribution in [2.45, 2.75) is 19.4 Å². The summed E-state index contributed by atoms with van der Waals surface area (Å²) in [4.78, 5) is 21.7. The third-order valence-corrected chi connectivity index (χ3v) is 5.92. The lowest BCUT2D eigenvalue weighted by Gasteiger charge is -2.26. The fourth-order valence-electron chi connectivity index (χ4n) is 3.21. The van der Waals surface area contributed by atoms with E-state index < -0.39 is 0 Å². The van der Waals surface area contributed by atoms with Crippen LogP contribution in [0.4, 0.5) is 0 Å². The third kappa shape index (κ3) is 5.11. The molecule has 4 rings (SSSR count). The summed E-state index contributed by atoms with van der Waals surface area (Å²) in [5.41, 5.74) is 3.88. The van der Waals surface area contributed by atoms with E-state index in [4.69, 9.17) is 5.41 Å². The minimum absolute atomic E-state index is 0.0630. The number of rotatable bonds is 4. The minimum Gasteiger partial charge on any atom is -0.340 e. The maximum absolute atomic E-state index is 11.7. The van der Waals surface area contributed by atoms with Crippen LogP contribution in [0.15, 0.2) is 47.5 Å². The van der Waals surface area contributed by atoms with Crippen molar-refractivity contribution in [3.63, 3.8) is 0 Å². The normalized spacial score (nSPS) is 18.1. The minimum atomic E-state index is -0.125. The van der Waals surface area contributed by atoms with Gasteiger partial charge < -0.3 is 4.98 Å². The summed E-state index contributed by atoms with van der Waals surface area (Å²) in [6.07, 6.45) is 1.82. The van der Waals surface area contributed by atoms with Crippen molar-refractivity contribution >= 4 is 23.6 Å². The first-order valence-electron chi connectivity index (χ1n) is 9.70. The van der Waals surface area contributed by atoms with E-state index in [0.29, 0.717) is 5.49 Å². The van der Waals surface area contributed by atoms with Crippen molar-refractivity contribution in [3.05, 3.63) is 53.5 Å². The Morgan fingerprint density at radius 2 is 1.93 bits per heavy atom. The number of aromatic amines is 1. The Kier molecular flexibility index (Phi) is 5.92. The number of carbonyl (C=O) groups excluding carboxylic acids is 1. The SMILES string of the molecule is N=C(/N=c1/cccc(-c2ccc(CN3CCSCC3)cc2)[nH]1)NC(=O)C1CC1. The molecular formula is C21H25N5OS. The number of carbonyl (C=O) groups is 1. The highest BCUT2D eigenvalue weighted by molar-refractivity contribution is 7.99. The van der Waals surface area contributed by atoms with E-state index in [-0.39, 0.29) is 17.8 Å².